The van der Waals surface area contributed by atoms with Crippen LogP contribution in [0.1, 0.15) is 30.1 Å². The van der Waals surface area contributed by atoms with Gasteiger partial charge in [-0.2, -0.15) is 0 Å². The Kier molecular flexibility index (Phi) is 2.17. The number of rotatable bonds is 3. The minimum Gasteiger partial charge on any atom is -0.342 e. The molecule has 0 aliphatic heterocycles. The highest BCUT2D eigenvalue weighted by molar-refractivity contribution is 6.18. The van der Waals surface area contributed by atoms with Crippen molar-refractivity contribution >= 4 is 22.6 Å². The van der Waals surface area contributed by atoms with E-state index < -0.39 is 0 Å². The zero-order valence-corrected chi connectivity index (χ0v) is 9.22. The van der Waals surface area contributed by atoms with Crippen molar-refractivity contribution in [2.75, 3.05) is 5.88 Å². The number of aryl methyl sites for hydroxylation is 1. The second-order valence-electron chi connectivity index (χ2n) is 4.19. The van der Waals surface area contributed by atoms with Crippen LogP contribution < -0.4 is 0 Å². The molecule has 0 spiro atoms. The Morgan fingerprint density at radius 1 is 1.40 bits per heavy atom. The molecule has 15 heavy (non-hydrogen) atoms. The van der Waals surface area contributed by atoms with Crippen LogP contribution in [0.25, 0.3) is 11.0 Å². The number of fused-ring (bicyclic) bond motifs is 1. The molecular weight excluding hydrogens is 208 g/mol. The third-order valence-electron chi connectivity index (χ3n) is 2.91. The molecule has 1 saturated carbocycles. The van der Waals surface area contributed by atoms with E-state index in [1.807, 2.05) is 0 Å². The van der Waals surface area contributed by atoms with E-state index in [0.717, 1.165) is 23.3 Å². The first-order valence-corrected chi connectivity index (χ1v) is 5.95. The number of benzene rings is 1. The number of halogens is 1. The number of nitrogens with one attached hydrogen (secondary N) is 1. The van der Waals surface area contributed by atoms with Crippen LogP contribution in [0.15, 0.2) is 18.2 Å². The van der Waals surface area contributed by atoms with Gasteiger partial charge in [-0.15, -0.1) is 11.6 Å². The van der Waals surface area contributed by atoms with E-state index in [0.29, 0.717) is 11.8 Å². The number of nitrogens with zero attached hydrogens (tertiary/aromatic N) is 1. The first-order chi connectivity index (χ1) is 7.36. The van der Waals surface area contributed by atoms with Crippen molar-refractivity contribution in [3.63, 3.8) is 0 Å². The van der Waals surface area contributed by atoms with E-state index in [4.69, 9.17) is 11.6 Å². The van der Waals surface area contributed by atoms with E-state index in [1.165, 1.54) is 18.4 Å². The minimum absolute atomic E-state index is 0.676. The fourth-order valence-electron chi connectivity index (χ4n) is 1.89. The highest BCUT2D eigenvalue weighted by Crippen LogP contribution is 2.39. The smallest absolute Gasteiger partial charge is 0.110 e. The Hall–Kier alpha value is -1.02. The van der Waals surface area contributed by atoms with E-state index in [2.05, 4.69) is 28.2 Å². The number of aromatic nitrogens is 2. The van der Waals surface area contributed by atoms with E-state index in [1.54, 1.807) is 0 Å². The monoisotopic (exact) mass is 220 g/mol. The zero-order valence-electron chi connectivity index (χ0n) is 8.46. The predicted octanol–water partition coefficient (Wildman–Crippen LogP) is 3.22. The molecule has 3 heteroatoms. The van der Waals surface area contributed by atoms with Crippen molar-refractivity contribution in [2.45, 2.75) is 25.2 Å². The molecule has 1 fully saturated rings. The lowest BCUT2D eigenvalue weighted by Crippen LogP contribution is -1.85. The largest absolute Gasteiger partial charge is 0.342 e. The van der Waals surface area contributed by atoms with Gasteiger partial charge in [0.25, 0.3) is 0 Å². The summed E-state index contributed by atoms with van der Waals surface area (Å²) in [6.45, 7) is 0. The minimum atomic E-state index is 0.676. The van der Waals surface area contributed by atoms with E-state index in [9.17, 15) is 0 Å². The molecule has 0 amide bonds. The van der Waals surface area contributed by atoms with Gasteiger partial charge in [-0.3, -0.25) is 0 Å². The van der Waals surface area contributed by atoms with Gasteiger partial charge in [0.2, 0.25) is 0 Å². The fourth-order valence-corrected chi connectivity index (χ4v) is 2.11. The molecule has 1 aromatic carbocycles. The Balaban J connectivity index is 2.02. The Bertz CT molecular complexity index is 485. The van der Waals surface area contributed by atoms with Crippen LogP contribution in [0, 0.1) is 0 Å². The summed E-state index contributed by atoms with van der Waals surface area (Å²) in [5.41, 5.74) is 3.51. The topological polar surface area (TPSA) is 28.7 Å². The summed E-state index contributed by atoms with van der Waals surface area (Å²) >= 11 is 5.73. The van der Waals surface area contributed by atoms with Gasteiger partial charge in [-0.05, 0) is 37.0 Å². The van der Waals surface area contributed by atoms with Gasteiger partial charge in [0, 0.05) is 11.8 Å². The maximum absolute atomic E-state index is 5.73. The molecule has 1 aliphatic carbocycles. The van der Waals surface area contributed by atoms with E-state index >= 15 is 0 Å². The molecular formula is C12H13ClN2. The lowest BCUT2D eigenvalue weighted by Gasteiger charge is -1.96. The first-order valence-electron chi connectivity index (χ1n) is 5.41. The summed E-state index contributed by atoms with van der Waals surface area (Å²) in [5, 5.41) is 0. The molecule has 1 heterocycles. The normalized spacial score (nSPS) is 16.1. The number of aromatic amines is 1. The molecule has 1 aromatic heterocycles. The SMILES string of the molecule is ClCCc1ccc2nc(C3CC3)[nH]c2c1. The van der Waals surface area contributed by atoms with Crippen LogP contribution in [0.4, 0.5) is 0 Å². The van der Waals surface area contributed by atoms with Gasteiger partial charge in [0.15, 0.2) is 0 Å². The highest BCUT2D eigenvalue weighted by atomic mass is 35.5. The molecule has 1 N–H and O–H groups in total. The van der Waals surface area contributed by atoms with Crippen LogP contribution in [-0.4, -0.2) is 15.8 Å². The van der Waals surface area contributed by atoms with Crippen LogP contribution >= 0.6 is 11.6 Å². The number of H-pyrrole nitrogens is 1. The maximum Gasteiger partial charge on any atom is 0.110 e. The molecule has 0 saturated heterocycles. The Morgan fingerprint density at radius 2 is 2.27 bits per heavy atom. The molecule has 0 unspecified atom stereocenters. The zero-order chi connectivity index (χ0) is 10.3. The van der Waals surface area contributed by atoms with Crippen LogP contribution in [0.5, 0.6) is 0 Å². The molecule has 0 atom stereocenters. The van der Waals surface area contributed by atoms with E-state index in [-0.39, 0.29) is 0 Å². The lowest BCUT2D eigenvalue weighted by atomic mass is 10.1. The number of imidazole rings is 1. The Labute approximate surface area is 93.7 Å². The van der Waals surface area contributed by atoms with Crippen LogP contribution in [0.2, 0.25) is 0 Å². The second kappa shape index (κ2) is 3.53. The average Bonchev–Trinajstić information content (AvgIpc) is 2.99. The standard InChI is InChI=1S/C12H13ClN2/c13-6-5-8-1-4-10-11(7-8)15-12(14-10)9-2-3-9/h1,4,7,9H,2-3,5-6H2,(H,14,15). The predicted molar refractivity (Wildman–Crippen MR) is 62.5 cm³/mol. The molecule has 2 nitrogen and oxygen atoms in total. The summed E-state index contributed by atoms with van der Waals surface area (Å²) in [5.74, 6) is 2.52. The Morgan fingerprint density at radius 3 is 3.00 bits per heavy atom. The molecule has 3 rings (SSSR count). The summed E-state index contributed by atoms with van der Waals surface area (Å²) in [4.78, 5) is 7.99. The third-order valence-corrected chi connectivity index (χ3v) is 3.10. The maximum atomic E-state index is 5.73. The molecule has 0 bridgehead atoms. The third kappa shape index (κ3) is 1.74. The van der Waals surface area contributed by atoms with Gasteiger partial charge in [0.1, 0.15) is 5.82 Å². The molecule has 0 radical (unpaired) electrons. The quantitative estimate of drug-likeness (QED) is 0.791. The van der Waals surface area contributed by atoms with Crippen LogP contribution in [0.3, 0.4) is 0 Å². The van der Waals surface area contributed by atoms with Gasteiger partial charge in [-0.25, -0.2) is 4.98 Å². The number of alkyl halides is 1. The van der Waals surface area contributed by atoms with Gasteiger partial charge in [-0.1, -0.05) is 6.07 Å². The van der Waals surface area contributed by atoms with Gasteiger partial charge < -0.3 is 4.98 Å². The molecule has 78 valence electrons. The van der Waals surface area contributed by atoms with Crippen molar-refractivity contribution in [3.05, 3.63) is 29.6 Å². The van der Waals surface area contributed by atoms with Gasteiger partial charge in [0.05, 0.1) is 11.0 Å². The van der Waals surface area contributed by atoms with Crippen molar-refractivity contribution < 1.29 is 0 Å². The highest BCUT2D eigenvalue weighted by Gasteiger charge is 2.26. The number of hydrogen-bond acceptors (Lipinski definition) is 1. The summed E-state index contributed by atoms with van der Waals surface area (Å²) in [6, 6.07) is 6.36. The summed E-state index contributed by atoms with van der Waals surface area (Å²) in [7, 11) is 0. The van der Waals surface area contributed by atoms with Crippen molar-refractivity contribution in [1.29, 1.82) is 0 Å². The molecule has 2 aromatic rings. The van der Waals surface area contributed by atoms with Crippen molar-refractivity contribution in [2.24, 2.45) is 0 Å². The first kappa shape index (κ1) is 9.22. The number of hydrogen-bond donors (Lipinski definition) is 1. The van der Waals surface area contributed by atoms with Crippen LogP contribution in [-0.2, 0) is 6.42 Å². The fraction of sp³-hybridized carbons (Fsp3) is 0.417. The summed E-state index contributed by atoms with van der Waals surface area (Å²) in [6.07, 6.45) is 3.50. The second-order valence-corrected chi connectivity index (χ2v) is 4.56. The van der Waals surface area contributed by atoms with Crippen molar-refractivity contribution in [1.82, 2.24) is 9.97 Å². The molecule has 1 aliphatic rings. The average molecular weight is 221 g/mol. The van der Waals surface area contributed by atoms with Crippen molar-refractivity contribution in [3.8, 4) is 0 Å². The summed E-state index contributed by atoms with van der Waals surface area (Å²) < 4.78 is 0. The lowest BCUT2D eigenvalue weighted by molar-refractivity contribution is 0.986. The van der Waals surface area contributed by atoms with Gasteiger partial charge >= 0.3 is 0 Å².